The number of carbonyl (C=O) groups is 2. The molecule has 4 rings (SSSR count). The van der Waals surface area contributed by atoms with Gasteiger partial charge in [-0.1, -0.05) is 0 Å². The molecule has 0 radical (unpaired) electrons. The summed E-state index contributed by atoms with van der Waals surface area (Å²) < 4.78 is 27.9. The summed E-state index contributed by atoms with van der Waals surface area (Å²) in [6.07, 6.45) is -0.667. The van der Waals surface area contributed by atoms with Gasteiger partial charge in [0.25, 0.3) is 0 Å². The van der Waals surface area contributed by atoms with Crippen LogP contribution in [0, 0.1) is 18.6 Å². The van der Waals surface area contributed by atoms with Crippen molar-refractivity contribution >= 4 is 22.7 Å². The van der Waals surface area contributed by atoms with E-state index in [9.17, 15) is 23.5 Å². The number of aryl methyl sites for hydroxylation is 2. The average Bonchev–Trinajstić information content (AvgIpc) is 3.22. The lowest BCUT2D eigenvalue weighted by Gasteiger charge is -2.14. The topological polar surface area (TPSA) is 94.2 Å². The predicted molar refractivity (Wildman–Crippen MR) is 108 cm³/mol. The van der Waals surface area contributed by atoms with Gasteiger partial charge in [0.15, 0.2) is 0 Å². The third-order valence-corrected chi connectivity index (χ3v) is 5.32. The van der Waals surface area contributed by atoms with Crippen LogP contribution >= 0.6 is 0 Å². The molecule has 2 amide bonds. The summed E-state index contributed by atoms with van der Waals surface area (Å²) in [6, 6.07) is 8.10. The molecular formula is C22H21F2N3O3. The Labute approximate surface area is 171 Å². The lowest BCUT2D eigenvalue weighted by atomic mass is 9.99. The molecule has 1 aliphatic heterocycles. The lowest BCUT2D eigenvalue weighted by molar-refractivity contribution is -0.128. The van der Waals surface area contributed by atoms with Crippen molar-refractivity contribution in [3.63, 3.8) is 0 Å². The molecule has 30 heavy (non-hydrogen) atoms. The average molecular weight is 413 g/mol. The number of hydrogen-bond acceptors (Lipinski definition) is 3. The fraction of sp³-hybridized carbons (Fsp3) is 0.273. The third kappa shape index (κ3) is 3.78. The van der Waals surface area contributed by atoms with Gasteiger partial charge in [-0.05, 0) is 66.4 Å². The number of carbonyl (C=O) groups excluding carboxylic acids is 2. The molecule has 156 valence electrons. The van der Waals surface area contributed by atoms with Crippen LogP contribution in [-0.4, -0.2) is 40.6 Å². The Morgan fingerprint density at radius 1 is 1.23 bits per heavy atom. The van der Waals surface area contributed by atoms with Crippen molar-refractivity contribution in [1.29, 1.82) is 0 Å². The second-order valence-corrected chi connectivity index (χ2v) is 7.51. The van der Waals surface area contributed by atoms with Crippen LogP contribution in [0.2, 0.25) is 0 Å². The summed E-state index contributed by atoms with van der Waals surface area (Å²) in [5, 5.41) is 15.5. The number of aromatic nitrogens is 1. The minimum absolute atomic E-state index is 0.0349. The number of amides is 2. The highest BCUT2D eigenvalue weighted by Crippen LogP contribution is 2.33. The summed E-state index contributed by atoms with van der Waals surface area (Å²) in [5.74, 6) is -1.61. The van der Waals surface area contributed by atoms with Crippen molar-refractivity contribution in [3.8, 4) is 11.3 Å². The van der Waals surface area contributed by atoms with Crippen LogP contribution in [0.15, 0.2) is 36.4 Å². The number of aliphatic hydroxyl groups is 1. The Hall–Kier alpha value is -3.26. The van der Waals surface area contributed by atoms with Crippen molar-refractivity contribution in [3.05, 3.63) is 59.2 Å². The van der Waals surface area contributed by atoms with Gasteiger partial charge < -0.3 is 20.7 Å². The highest BCUT2D eigenvalue weighted by Gasteiger charge is 2.34. The molecular weight excluding hydrogens is 392 g/mol. The summed E-state index contributed by atoms with van der Waals surface area (Å²) in [6.45, 7) is 1.88. The van der Waals surface area contributed by atoms with E-state index in [0.717, 1.165) is 11.1 Å². The molecule has 2 heterocycles. The van der Waals surface area contributed by atoms with Crippen LogP contribution in [0.3, 0.4) is 0 Å². The first-order valence-corrected chi connectivity index (χ1v) is 9.65. The van der Waals surface area contributed by atoms with E-state index in [-0.39, 0.29) is 25.2 Å². The van der Waals surface area contributed by atoms with Gasteiger partial charge in [-0.15, -0.1) is 0 Å². The van der Waals surface area contributed by atoms with Crippen molar-refractivity contribution in [2.24, 2.45) is 0 Å². The van der Waals surface area contributed by atoms with Gasteiger partial charge in [0.2, 0.25) is 11.8 Å². The van der Waals surface area contributed by atoms with Crippen molar-refractivity contribution < 1.29 is 23.5 Å². The van der Waals surface area contributed by atoms with Crippen molar-refractivity contribution in [2.45, 2.75) is 31.9 Å². The maximum absolute atomic E-state index is 14.5. The first-order chi connectivity index (χ1) is 14.3. The zero-order chi connectivity index (χ0) is 21.4. The third-order valence-electron chi connectivity index (χ3n) is 5.32. The van der Waals surface area contributed by atoms with E-state index in [1.54, 1.807) is 19.1 Å². The van der Waals surface area contributed by atoms with Gasteiger partial charge in [0, 0.05) is 24.0 Å². The smallest absolute Gasteiger partial charge is 0.245 e. The van der Waals surface area contributed by atoms with Gasteiger partial charge in [0.1, 0.15) is 23.8 Å². The van der Waals surface area contributed by atoms with E-state index in [1.165, 1.54) is 18.2 Å². The molecule has 3 aromatic rings. The maximum atomic E-state index is 14.5. The first kappa shape index (κ1) is 20.0. The minimum Gasteiger partial charge on any atom is -0.389 e. The molecule has 2 aromatic carbocycles. The zero-order valence-electron chi connectivity index (χ0n) is 16.3. The highest BCUT2D eigenvalue weighted by molar-refractivity contribution is 5.93. The quantitative estimate of drug-likeness (QED) is 0.517. The fourth-order valence-electron chi connectivity index (χ4n) is 3.82. The first-order valence-electron chi connectivity index (χ1n) is 9.65. The normalized spacial score (nSPS) is 18.6. The molecule has 0 bridgehead atoms. The second kappa shape index (κ2) is 7.87. The van der Waals surface area contributed by atoms with Crippen LogP contribution in [0.5, 0.6) is 0 Å². The number of H-pyrrole nitrogens is 1. The van der Waals surface area contributed by atoms with Gasteiger partial charge in [-0.25, -0.2) is 8.78 Å². The predicted octanol–water partition coefficient (Wildman–Crippen LogP) is 2.33. The van der Waals surface area contributed by atoms with Crippen LogP contribution in [0.4, 0.5) is 8.78 Å². The van der Waals surface area contributed by atoms with Crippen LogP contribution in [-0.2, 0) is 16.0 Å². The van der Waals surface area contributed by atoms with Crippen LogP contribution in [0.25, 0.3) is 22.2 Å². The molecule has 1 aliphatic rings. The van der Waals surface area contributed by atoms with E-state index >= 15 is 0 Å². The van der Waals surface area contributed by atoms with E-state index < -0.39 is 29.8 Å². The highest BCUT2D eigenvalue weighted by atomic mass is 19.1. The van der Waals surface area contributed by atoms with Crippen molar-refractivity contribution in [2.75, 3.05) is 6.54 Å². The minimum atomic E-state index is -0.975. The Bertz CT molecular complexity index is 1120. The molecule has 0 unspecified atom stereocenters. The SMILES string of the molecule is Cc1cc(F)c2[nH]c(-c3ccc(F)cc3)c(CCC(=O)N[C@@H]3C(=O)NC[C@H]3O)c2c1. The summed E-state index contributed by atoms with van der Waals surface area (Å²) in [4.78, 5) is 27.2. The monoisotopic (exact) mass is 413 g/mol. The van der Waals surface area contributed by atoms with Gasteiger partial charge in [0.05, 0.1) is 5.52 Å². The Balaban J connectivity index is 1.64. The number of benzene rings is 2. The fourth-order valence-corrected chi connectivity index (χ4v) is 3.82. The standard InChI is InChI=1S/C22H21F2N3O3/c1-11-8-15-14(6-7-18(29)26-21-17(28)10-25-22(21)30)19(27-20(15)16(24)9-11)12-2-4-13(23)5-3-12/h2-5,8-9,17,21,27-28H,6-7,10H2,1H3,(H,25,30)(H,26,29)/t17-,21+/m1/s1. The van der Waals surface area contributed by atoms with E-state index in [2.05, 4.69) is 15.6 Å². The van der Waals surface area contributed by atoms with E-state index in [4.69, 9.17) is 0 Å². The lowest BCUT2D eigenvalue weighted by Crippen LogP contribution is -2.45. The van der Waals surface area contributed by atoms with Crippen LogP contribution in [0.1, 0.15) is 17.5 Å². The number of fused-ring (bicyclic) bond motifs is 1. The number of halogens is 2. The second-order valence-electron chi connectivity index (χ2n) is 7.51. The molecule has 1 aromatic heterocycles. The summed E-state index contributed by atoms with van der Waals surface area (Å²) in [7, 11) is 0. The van der Waals surface area contributed by atoms with E-state index in [0.29, 0.717) is 22.2 Å². The molecule has 0 saturated carbocycles. The number of rotatable bonds is 5. The molecule has 8 heteroatoms. The molecule has 1 saturated heterocycles. The zero-order valence-corrected chi connectivity index (χ0v) is 16.3. The van der Waals surface area contributed by atoms with Gasteiger partial charge in [-0.3, -0.25) is 9.59 Å². The van der Waals surface area contributed by atoms with Crippen molar-refractivity contribution in [1.82, 2.24) is 15.6 Å². The number of β-amino-alcohol motifs (C(OH)–C–C–N with tert-alkyl or cyclic N) is 1. The molecule has 0 aliphatic carbocycles. The molecule has 0 spiro atoms. The summed E-state index contributed by atoms with van der Waals surface area (Å²) in [5.41, 5.74) is 3.07. The Kier molecular flexibility index (Phi) is 5.26. The Morgan fingerprint density at radius 2 is 1.97 bits per heavy atom. The van der Waals surface area contributed by atoms with Gasteiger partial charge in [-0.2, -0.15) is 0 Å². The Morgan fingerprint density at radius 3 is 2.63 bits per heavy atom. The van der Waals surface area contributed by atoms with E-state index in [1.807, 2.05) is 6.07 Å². The maximum Gasteiger partial charge on any atom is 0.245 e. The molecule has 4 N–H and O–H groups in total. The summed E-state index contributed by atoms with van der Waals surface area (Å²) >= 11 is 0. The van der Waals surface area contributed by atoms with Crippen LogP contribution < -0.4 is 10.6 Å². The number of hydrogen-bond donors (Lipinski definition) is 4. The largest absolute Gasteiger partial charge is 0.389 e. The number of aromatic amines is 1. The number of aliphatic hydroxyl groups excluding tert-OH is 1. The molecule has 1 fully saturated rings. The molecule has 2 atom stereocenters. The molecule has 6 nitrogen and oxygen atoms in total. The van der Waals surface area contributed by atoms with Gasteiger partial charge >= 0.3 is 0 Å². The number of nitrogens with one attached hydrogen (secondary N) is 3.